The molecule has 1 heterocycles. The summed E-state index contributed by atoms with van der Waals surface area (Å²) in [7, 11) is 0. The lowest BCUT2D eigenvalue weighted by molar-refractivity contribution is 0.718. The van der Waals surface area contributed by atoms with Crippen LogP contribution in [0, 0.1) is 0 Å². The van der Waals surface area contributed by atoms with Gasteiger partial charge in [0, 0.05) is 22.7 Å². The molecule has 2 aromatic rings. The quantitative estimate of drug-likeness (QED) is 0.895. The van der Waals surface area contributed by atoms with Gasteiger partial charge < -0.3 is 5.32 Å². The van der Waals surface area contributed by atoms with Crippen LogP contribution in [0.4, 0.5) is 0 Å². The maximum absolute atomic E-state index is 6.06. The lowest BCUT2D eigenvalue weighted by atomic mass is 10.2. The first-order chi connectivity index (χ1) is 8.79. The van der Waals surface area contributed by atoms with Crippen molar-refractivity contribution in [3.63, 3.8) is 0 Å². The van der Waals surface area contributed by atoms with E-state index in [-0.39, 0.29) is 0 Å². The maximum Gasteiger partial charge on any atom is 0.101 e. The monoisotopic (exact) mass is 278 g/mol. The van der Waals surface area contributed by atoms with Crippen molar-refractivity contribution in [1.29, 1.82) is 0 Å². The predicted octanol–water partition coefficient (Wildman–Crippen LogP) is 4.00. The van der Waals surface area contributed by atoms with E-state index in [1.807, 2.05) is 30.3 Å². The van der Waals surface area contributed by atoms with Crippen LogP contribution in [-0.4, -0.2) is 11.5 Å². The van der Waals surface area contributed by atoms with E-state index in [4.69, 9.17) is 11.6 Å². The average molecular weight is 279 g/mol. The van der Waals surface area contributed by atoms with Gasteiger partial charge in [0.1, 0.15) is 5.03 Å². The zero-order valence-corrected chi connectivity index (χ0v) is 11.8. The lowest BCUT2D eigenvalue weighted by Gasteiger charge is -2.09. The Balaban J connectivity index is 2.22. The zero-order chi connectivity index (χ0) is 12.8. The van der Waals surface area contributed by atoms with Gasteiger partial charge in [-0.05, 0) is 36.4 Å². The van der Waals surface area contributed by atoms with E-state index in [1.165, 1.54) is 5.56 Å². The Labute approximate surface area is 117 Å². The van der Waals surface area contributed by atoms with Gasteiger partial charge in [-0.15, -0.1) is 0 Å². The molecule has 0 atom stereocenters. The highest BCUT2D eigenvalue weighted by Crippen LogP contribution is 2.31. The van der Waals surface area contributed by atoms with Crippen molar-refractivity contribution < 1.29 is 0 Å². The molecule has 18 heavy (non-hydrogen) atoms. The van der Waals surface area contributed by atoms with Crippen LogP contribution in [0.2, 0.25) is 5.02 Å². The first-order valence-electron chi connectivity index (χ1n) is 5.87. The first-order valence-corrected chi connectivity index (χ1v) is 7.07. The Morgan fingerprint density at radius 1 is 1.28 bits per heavy atom. The van der Waals surface area contributed by atoms with E-state index in [1.54, 1.807) is 18.0 Å². The second-order valence-corrected chi connectivity index (χ2v) is 5.30. The second kappa shape index (κ2) is 6.78. The lowest BCUT2D eigenvalue weighted by Crippen LogP contribution is -2.12. The van der Waals surface area contributed by atoms with Crippen LogP contribution >= 0.6 is 23.4 Å². The fourth-order valence-corrected chi connectivity index (χ4v) is 2.73. The predicted molar refractivity (Wildman–Crippen MR) is 77.2 cm³/mol. The SMILES string of the molecule is CCNCc1ccc(Cl)cc1Sc1ccccn1. The smallest absolute Gasteiger partial charge is 0.101 e. The van der Waals surface area contributed by atoms with Crippen molar-refractivity contribution in [2.24, 2.45) is 0 Å². The molecule has 0 amide bonds. The van der Waals surface area contributed by atoms with E-state index in [9.17, 15) is 0 Å². The molecule has 0 fully saturated rings. The molecule has 0 unspecified atom stereocenters. The molecule has 0 radical (unpaired) electrons. The highest BCUT2D eigenvalue weighted by atomic mass is 35.5. The van der Waals surface area contributed by atoms with Gasteiger partial charge in [-0.1, -0.05) is 42.4 Å². The summed E-state index contributed by atoms with van der Waals surface area (Å²) in [5, 5.41) is 5.08. The van der Waals surface area contributed by atoms with Gasteiger partial charge in [0.2, 0.25) is 0 Å². The van der Waals surface area contributed by atoms with Crippen LogP contribution in [0.5, 0.6) is 0 Å². The number of hydrogen-bond donors (Lipinski definition) is 1. The molecule has 1 aromatic carbocycles. The molecule has 0 spiro atoms. The van der Waals surface area contributed by atoms with Gasteiger partial charge in [0.05, 0.1) is 0 Å². The van der Waals surface area contributed by atoms with Crippen molar-refractivity contribution in [2.45, 2.75) is 23.4 Å². The van der Waals surface area contributed by atoms with E-state index >= 15 is 0 Å². The number of rotatable bonds is 5. The van der Waals surface area contributed by atoms with Crippen LogP contribution < -0.4 is 5.32 Å². The highest BCUT2D eigenvalue weighted by Gasteiger charge is 2.06. The van der Waals surface area contributed by atoms with Crippen LogP contribution in [0.3, 0.4) is 0 Å². The number of nitrogens with zero attached hydrogens (tertiary/aromatic N) is 1. The molecule has 0 aliphatic rings. The summed E-state index contributed by atoms with van der Waals surface area (Å²) in [6.45, 7) is 3.90. The highest BCUT2D eigenvalue weighted by molar-refractivity contribution is 7.99. The molecule has 0 aliphatic carbocycles. The largest absolute Gasteiger partial charge is 0.313 e. The Kier molecular flexibility index (Phi) is 5.05. The van der Waals surface area contributed by atoms with Gasteiger partial charge in [-0.25, -0.2) is 4.98 Å². The summed E-state index contributed by atoms with van der Waals surface area (Å²) in [6, 6.07) is 11.9. The first kappa shape index (κ1) is 13.4. The van der Waals surface area contributed by atoms with Crippen LogP contribution in [0.1, 0.15) is 12.5 Å². The second-order valence-electron chi connectivity index (χ2n) is 3.80. The number of nitrogens with one attached hydrogen (secondary N) is 1. The van der Waals surface area contributed by atoms with Crippen molar-refractivity contribution in [3.05, 3.63) is 53.2 Å². The summed E-state index contributed by atoms with van der Waals surface area (Å²) in [6.07, 6.45) is 1.80. The summed E-state index contributed by atoms with van der Waals surface area (Å²) in [5.41, 5.74) is 1.25. The molecule has 0 aliphatic heterocycles. The molecule has 0 saturated heterocycles. The minimum absolute atomic E-state index is 0.758. The standard InChI is InChI=1S/C14H15ClN2S/c1-2-16-10-11-6-7-12(15)9-13(11)18-14-5-3-4-8-17-14/h3-9,16H,2,10H2,1H3. The van der Waals surface area contributed by atoms with E-state index < -0.39 is 0 Å². The Bertz CT molecular complexity index is 502. The van der Waals surface area contributed by atoms with Crippen molar-refractivity contribution >= 4 is 23.4 Å². The molecular weight excluding hydrogens is 264 g/mol. The normalized spacial score (nSPS) is 10.6. The molecule has 94 valence electrons. The van der Waals surface area contributed by atoms with Crippen LogP contribution in [0.15, 0.2) is 52.5 Å². The summed E-state index contributed by atoms with van der Waals surface area (Å²) < 4.78 is 0. The van der Waals surface area contributed by atoms with E-state index in [0.717, 1.165) is 28.0 Å². The number of aromatic nitrogens is 1. The van der Waals surface area contributed by atoms with E-state index in [0.29, 0.717) is 0 Å². The number of halogens is 1. The molecule has 2 rings (SSSR count). The molecule has 1 N–H and O–H groups in total. The Morgan fingerprint density at radius 3 is 2.89 bits per heavy atom. The molecule has 4 heteroatoms. The summed E-state index contributed by atoms with van der Waals surface area (Å²) >= 11 is 7.71. The fourth-order valence-electron chi connectivity index (χ4n) is 1.55. The molecule has 1 aromatic heterocycles. The maximum atomic E-state index is 6.06. The minimum Gasteiger partial charge on any atom is -0.313 e. The molecular formula is C14H15ClN2S. The third kappa shape index (κ3) is 3.73. The Morgan fingerprint density at radius 2 is 2.17 bits per heavy atom. The van der Waals surface area contributed by atoms with Crippen LogP contribution in [-0.2, 0) is 6.54 Å². The van der Waals surface area contributed by atoms with Gasteiger partial charge in [-0.2, -0.15) is 0 Å². The van der Waals surface area contributed by atoms with Crippen molar-refractivity contribution in [2.75, 3.05) is 6.54 Å². The minimum atomic E-state index is 0.758. The van der Waals surface area contributed by atoms with Crippen molar-refractivity contribution in [1.82, 2.24) is 10.3 Å². The van der Waals surface area contributed by atoms with Crippen LogP contribution in [0.25, 0.3) is 0 Å². The van der Waals surface area contributed by atoms with Gasteiger partial charge in [-0.3, -0.25) is 0 Å². The number of benzene rings is 1. The average Bonchev–Trinajstić information content (AvgIpc) is 2.39. The topological polar surface area (TPSA) is 24.9 Å². The molecule has 0 bridgehead atoms. The Hall–Kier alpha value is -1.03. The summed E-state index contributed by atoms with van der Waals surface area (Å²) in [4.78, 5) is 5.48. The fraction of sp³-hybridized carbons (Fsp3) is 0.214. The number of hydrogen-bond acceptors (Lipinski definition) is 3. The number of pyridine rings is 1. The van der Waals surface area contributed by atoms with Gasteiger partial charge >= 0.3 is 0 Å². The third-order valence-electron chi connectivity index (χ3n) is 2.45. The molecule has 0 saturated carbocycles. The van der Waals surface area contributed by atoms with Crippen molar-refractivity contribution in [3.8, 4) is 0 Å². The van der Waals surface area contributed by atoms with E-state index in [2.05, 4.69) is 23.3 Å². The third-order valence-corrected chi connectivity index (χ3v) is 3.73. The zero-order valence-electron chi connectivity index (χ0n) is 10.2. The molecule has 2 nitrogen and oxygen atoms in total. The van der Waals surface area contributed by atoms with Gasteiger partial charge in [0.15, 0.2) is 0 Å². The van der Waals surface area contributed by atoms with Gasteiger partial charge in [0.25, 0.3) is 0 Å². The summed E-state index contributed by atoms with van der Waals surface area (Å²) in [5.74, 6) is 0.